The Hall–Kier alpha value is -1.45. The summed E-state index contributed by atoms with van der Waals surface area (Å²) in [4.78, 5) is 4.81. The molecule has 0 amide bonds. The number of aliphatic imine (C=N–C) groups is 1. The Morgan fingerprint density at radius 2 is 1.56 bits per heavy atom. The second-order valence-corrected chi connectivity index (χ2v) is 8.52. The lowest BCUT2D eigenvalue weighted by Crippen LogP contribution is -1.95. The van der Waals surface area contributed by atoms with E-state index in [0.29, 0.717) is 5.92 Å². The minimum Gasteiger partial charge on any atom is -0.242 e. The number of aryl methyl sites for hydroxylation is 2. The predicted molar refractivity (Wildman–Crippen MR) is 117 cm³/mol. The molecule has 0 unspecified atom stereocenters. The van der Waals surface area contributed by atoms with Gasteiger partial charge in [0, 0.05) is 11.5 Å². The van der Waals surface area contributed by atoms with E-state index in [-0.39, 0.29) is 0 Å². The summed E-state index contributed by atoms with van der Waals surface area (Å²) in [5.41, 5.74) is 4.94. The predicted octanol–water partition coefficient (Wildman–Crippen LogP) is 7.17. The molecule has 0 saturated heterocycles. The molecular weight excluding hydrogens is 342 g/mol. The number of thioether (sulfide) groups is 2. The largest absolute Gasteiger partial charge is 0.242 e. The van der Waals surface area contributed by atoms with E-state index in [0.717, 1.165) is 22.2 Å². The molecule has 2 aromatic rings. The SMILES string of the molecule is Cc1ccc(CSC=CC(=Nc2ccc(C)cc2)SCC(C)C)cc1. The lowest BCUT2D eigenvalue weighted by atomic mass is 10.2. The van der Waals surface area contributed by atoms with Crippen LogP contribution in [-0.4, -0.2) is 10.8 Å². The van der Waals surface area contributed by atoms with Gasteiger partial charge in [-0.25, -0.2) is 4.99 Å². The van der Waals surface area contributed by atoms with E-state index in [9.17, 15) is 0 Å². The van der Waals surface area contributed by atoms with Crippen LogP contribution in [0, 0.1) is 19.8 Å². The first-order valence-electron chi connectivity index (χ1n) is 8.65. The highest BCUT2D eigenvalue weighted by Gasteiger charge is 2.01. The summed E-state index contributed by atoms with van der Waals surface area (Å²) in [6.07, 6.45) is 2.14. The third-order valence-corrected chi connectivity index (χ3v) is 5.70. The van der Waals surface area contributed by atoms with Gasteiger partial charge >= 0.3 is 0 Å². The van der Waals surface area contributed by atoms with Crippen LogP contribution in [-0.2, 0) is 5.75 Å². The van der Waals surface area contributed by atoms with Crippen LogP contribution in [0.5, 0.6) is 0 Å². The van der Waals surface area contributed by atoms with Crippen LogP contribution in [0.1, 0.15) is 30.5 Å². The molecule has 132 valence electrons. The van der Waals surface area contributed by atoms with Gasteiger partial charge in [0.15, 0.2) is 0 Å². The van der Waals surface area contributed by atoms with Gasteiger partial charge in [-0.1, -0.05) is 61.4 Å². The highest BCUT2D eigenvalue weighted by molar-refractivity contribution is 8.14. The molecule has 0 bridgehead atoms. The van der Waals surface area contributed by atoms with Gasteiger partial charge in [-0.15, -0.1) is 23.5 Å². The molecule has 25 heavy (non-hydrogen) atoms. The highest BCUT2D eigenvalue weighted by Crippen LogP contribution is 2.20. The Labute approximate surface area is 161 Å². The maximum atomic E-state index is 4.81. The molecular formula is C22H27NS2. The van der Waals surface area contributed by atoms with Crippen molar-refractivity contribution in [2.75, 3.05) is 5.75 Å². The molecule has 0 aliphatic rings. The van der Waals surface area contributed by atoms with Gasteiger partial charge in [-0.05, 0) is 48.9 Å². The standard InChI is InChI=1S/C22H27NS2/c1-17(2)15-25-22(23-21-11-7-19(4)8-12-21)13-14-24-16-20-9-5-18(3)6-10-20/h5-14,17H,15-16H2,1-4H3. The van der Waals surface area contributed by atoms with Gasteiger partial charge in [-0.3, -0.25) is 0 Å². The zero-order chi connectivity index (χ0) is 18.1. The second kappa shape index (κ2) is 10.5. The van der Waals surface area contributed by atoms with Gasteiger partial charge < -0.3 is 0 Å². The molecule has 0 aliphatic carbocycles. The number of rotatable bonds is 7. The topological polar surface area (TPSA) is 12.4 Å². The Kier molecular flexibility index (Phi) is 8.36. The number of hydrogen-bond donors (Lipinski definition) is 0. The fourth-order valence-electron chi connectivity index (χ4n) is 2.05. The summed E-state index contributed by atoms with van der Waals surface area (Å²) < 4.78 is 0. The average molecular weight is 370 g/mol. The number of hydrogen-bond acceptors (Lipinski definition) is 3. The molecule has 0 spiro atoms. The van der Waals surface area contributed by atoms with Crippen molar-refractivity contribution in [2.24, 2.45) is 10.9 Å². The Balaban J connectivity index is 1.99. The van der Waals surface area contributed by atoms with Crippen molar-refractivity contribution in [3.8, 4) is 0 Å². The van der Waals surface area contributed by atoms with Crippen LogP contribution < -0.4 is 0 Å². The van der Waals surface area contributed by atoms with Crippen molar-refractivity contribution >= 4 is 34.3 Å². The van der Waals surface area contributed by atoms with E-state index in [1.54, 1.807) is 0 Å². The smallest absolute Gasteiger partial charge is 0.0972 e. The van der Waals surface area contributed by atoms with E-state index in [1.165, 1.54) is 16.7 Å². The van der Waals surface area contributed by atoms with Crippen LogP contribution in [0.3, 0.4) is 0 Å². The fourth-order valence-corrected chi connectivity index (χ4v) is 3.68. The monoisotopic (exact) mass is 369 g/mol. The summed E-state index contributed by atoms with van der Waals surface area (Å²) >= 11 is 3.64. The average Bonchev–Trinajstić information content (AvgIpc) is 2.59. The zero-order valence-electron chi connectivity index (χ0n) is 15.5. The third-order valence-electron chi connectivity index (χ3n) is 3.52. The second-order valence-electron chi connectivity index (χ2n) is 6.59. The lowest BCUT2D eigenvalue weighted by molar-refractivity contribution is 0.752. The molecule has 0 radical (unpaired) electrons. The Bertz CT molecular complexity index is 698. The molecule has 0 atom stereocenters. The van der Waals surface area contributed by atoms with E-state index in [4.69, 9.17) is 4.99 Å². The van der Waals surface area contributed by atoms with Crippen LogP contribution in [0.25, 0.3) is 0 Å². The van der Waals surface area contributed by atoms with Crippen LogP contribution >= 0.6 is 23.5 Å². The van der Waals surface area contributed by atoms with Crippen LogP contribution in [0.4, 0.5) is 5.69 Å². The maximum Gasteiger partial charge on any atom is 0.0972 e. The zero-order valence-corrected chi connectivity index (χ0v) is 17.2. The van der Waals surface area contributed by atoms with Crippen molar-refractivity contribution in [1.82, 2.24) is 0 Å². The molecule has 0 fully saturated rings. The first-order valence-corrected chi connectivity index (χ1v) is 10.7. The molecule has 1 nitrogen and oxygen atoms in total. The first-order chi connectivity index (χ1) is 12.0. The van der Waals surface area contributed by atoms with Crippen LogP contribution in [0.15, 0.2) is 65.0 Å². The molecule has 0 aliphatic heterocycles. The molecule has 0 aromatic heterocycles. The minimum absolute atomic E-state index is 0.654. The molecule has 0 saturated carbocycles. The molecule has 2 rings (SSSR count). The van der Waals surface area contributed by atoms with Crippen molar-refractivity contribution in [2.45, 2.75) is 33.4 Å². The van der Waals surface area contributed by atoms with Crippen LogP contribution in [0.2, 0.25) is 0 Å². The van der Waals surface area contributed by atoms with Crippen molar-refractivity contribution < 1.29 is 0 Å². The summed E-state index contributed by atoms with van der Waals surface area (Å²) in [7, 11) is 0. The third kappa shape index (κ3) is 7.98. The summed E-state index contributed by atoms with van der Waals surface area (Å²) in [5.74, 6) is 2.73. The Morgan fingerprint density at radius 1 is 0.960 bits per heavy atom. The molecule has 2 aromatic carbocycles. The molecule has 3 heteroatoms. The van der Waals surface area contributed by atoms with Gasteiger partial charge in [0.25, 0.3) is 0 Å². The van der Waals surface area contributed by atoms with Crippen molar-refractivity contribution in [1.29, 1.82) is 0 Å². The van der Waals surface area contributed by atoms with E-state index < -0.39 is 0 Å². The number of nitrogens with zero attached hydrogens (tertiary/aromatic N) is 1. The summed E-state index contributed by atoms with van der Waals surface area (Å²) in [5, 5.41) is 3.24. The quantitative estimate of drug-likeness (QED) is 0.379. The van der Waals surface area contributed by atoms with Crippen molar-refractivity contribution in [3.05, 3.63) is 76.7 Å². The molecule has 0 heterocycles. The van der Waals surface area contributed by atoms with Gasteiger partial charge in [-0.2, -0.15) is 0 Å². The normalized spacial score (nSPS) is 12.3. The summed E-state index contributed by atoms with van der Waals surface area (Å²) in [6, 6.07) is 17.1. The van der Waals surface area contributed by atoms with Gasteiger partial charge in [0.2, 0.25) is 0 Å². The first kappa shape index (κ1) is 19.9. The Morgan fingerprint density at radius 3 is 2.16 bits per heavy atom. The number of benzene rings is 2. The van der Waals surface area contributed by atoms with Crippen molar-refractivity contribution in [3.63, 3.8) is 0 Å². The fraction of sp³-hybridized carbons (Fsp3) is 0.318. The van der Waals surface area contributed by atoms with E-state index in [1.807, 2.05) is 23.5 Å². The minimum atomic E-state index is 0.654. The summed E-state index contributed by atoms with van der Waals surface area (Å²) in [6.45, 7) is 8.71. The highest BCUT2D eigenvalue weighted by atomic mass is 32.2. The molecule has 0 N–H and O–H groups in total. The van der Waals surface area contributed by atoms with E-state index >= 15 is 0 Å². The van der Waals surface area contributed by atoms with Gasteiger partial charge in [0.05, 0.1) is 10.7 Å². The lowest BCUT2D eigenvalue weighted by Gasteiger charge is -2.05. The van der Waals surface area contributed by atoms with E-state index in [2.05, 4.69) is 87.7 Å². The van der Waals surface area contributed by atoms with Gasteiger partial charge in [0.1, 0.15) is 0 Å². The maximum absolute atomic E-state index is 4.81.